The number of carboxylic acid groups (broad SMARTS) is 1. The predicted molar refractivity (Wildman–Crippen MR) is 50.1 cm³/mol. The molecular weight excluding hydrogens is 184 g/mol. The Labute approximate surface area is 80.8 Å². The van der Waals surface area contributed by atoms with E-state index >= 15 is 0 Å². The van der Waals surface area contributed by atoms with E-state index in [1.165, 1.54) is 6.07 Å². The quantitative estimate of drug-likeness (QED) is 0.730. The van der Waals surface area contributed by atoms with Crippen molar-refractivity contribution in [2.24, 2.45) is 5.92 Å². The minimum absolute atomic E-state index is 0.245. The van der Waals surface area contributed by atoms with Gasteiger partial charge in [0.15, 0.2) is 0 Å². The van der Waals surface area contributed by atoms with Gasteiger partial charge in [0.05, 0.1) is 5.92 Å². The van der Waals surface area contributed by atoms with Gasteiger partial charge in [-0.2, -0.15) is 0 Å². The molecule has 76 valence electrons. The average molecular weight is 196 g/mol. The van der Waals surface area contributed by atoms with E-state index in [1.54, 1.807) is 13.8 Å². The van der Waals surface area contributed by atoms with E-state index in [4.69, 9.17) is 5.11 Å². The molecular formula is C9H12N2O3. The summed E-state index contributed by atoms with van der Waals surface area (Å²) in [4.78, 5) is 28.1. The summed E-state index contributed by atoms with van der Waals surface area (Å²) < 4.78 is 0. The summed E-state index contributed by atoms with van der Waals surface area (Å²) in [6, 6.07) is 1.33. The molecule has 5 heteroatoms. The molecule has 0 amide bonds. The summed E-state index contributed by atoms with van der Waals surface area (Å²) in [7, 11) is 0. The molecule has 0 spiro atoms. The van der Waals surface area contributed by atoms with Crippen molar-refractivity contribution >= 4 is 5.97 Å². The SMILES string of the molecule is Cc1nc(CC(C)C(=O)O)cc(=O)[nH]1. The van der Waals surface area contributed by atoms with Gasteiger partial charge in [-0.25, -0.2) is 4.98 Å². The molecule has 0 fully saturated rings. The van der Waals surface area contributed by atoms with Gasteiger partial charge < -0.3 is 10.1 Å². The minimum Gasteiger partial charge on any atom is -0.481 e. The third kappa shape index (κ3) is 2.69. The Bertz CT molecular complexity index is 397. The molecule has 0 aliphatic heterocycles. The van der Waals surface area contributed by atoms with Crippen molar-refractivity contribution in [3.05, 3.63) is 27.9 Å². The zero-order valence-corrected chi connectivity index (χ0v) is 8.07. The van der Waals surface area contributed by atoms with Gasteiger partial charge in [0.2, 0.25) is 0 Å². The molecule has 1 aromatic heterocycles. The van der Waals surface area contributed by atoms with Gasteiger partial charge in [-0.05, 0) is 6.92 Å². The molecule has 0 aromatic carbocycles. The summed E-state index contributed by atoms with van der Waals surface area (Å²) in [5.41, 5.74) is 0.270. The average Bonchev–Trinajstić information content (AvgIpc) is 2.01. The molecule has 1 heterocycles. The van der Waals surface area contributed by atoms with Gasteiger partial charge >= 0.3 is 5.97 Å². The van der Waals surface area contributed by atoms with E-state index in [0.29, 0.717) is 11.5 Å². The van der Waals surface area contributed by atoms with Crippen molar-refractivity contribution in [2.75, 3.05) is 0 Å². The number of aromatic amines is 1. The van der Waals surface area contributed by atoms with Gasteiger partial charge in [-0.15, -0.1) is 0 Å². The van der Waals surface area contributed by atoms with Crippen molar-refractivity contribution in [1.82, 2.24) is 9.97 Å². The zero-order valence-electron chi connectivity index (χ0n) is 8.07. The van der Waals surface area contributed by atoms with Crippen LogP contribution < -0.4 is 5.56 Å². The molecule has 0 bridgehead atoms. The van der Waals surface area contributed by atoms with Crippen LogP contribution in [0.5, 0.6) is 0 Å². The topological polar surface area (TPSA) is 83.0 Å². The first-order valence-electron chi connectivity index (χ1n) is 4.28. The standard InChI is InChI=1S/C9H12N2O3/c1-5(9(13)14)3-7-4-8(12)11-6(2)10-7/h4-5H,3H2,1-2H3,(H,13,14)(H,10,11,12). The number of carbonyl (C=O) groups is 1. The Morgan fingerprint density at radius 3 is 2.86 bits per heavy atom. The number of hydrogen-bond acceptors (Lipinski definition) is 3. The number of aromatic nitrogens is 2. The second kappa shape index (κ2) is 4.04. The third-order valence-corrected chi connectivity index (χ3v) is 1.85. The van der Waals surface area contributed by atoms with E-state index in [2.05, 4.69) is 9.97 Å². The molecule has 14 heavy (non-hydrogen) atoms. The van der Waals surface area contributed by atoms with Gasteiger partial charge in [0, 0.05) is 18.2 Å². The van der Waals surface area contributed by atoms with Crippen molar-refractivity contribution in [2.45, 2.75) is 20.3 Å². The summed E-state index contributed by atoms with van der Waals surface area (Å²) in [6.07, 6.45) is 0.278. The molecule has 1 rings (SSSR count). The molecule has 0 aliphatic rings. The highest BCUT2D eigenvalue weighted by Crippen LogP contribution is 2.04. The van der Waals surface area contributed by atoms with Crippen LogP contribution in [0.25, 0.3) is 0 Å². The normalized spacial score (nSPS) is 12.4. The number of H-pyrrole nitrogens is 1. The Kier molecular flexibility index (Phi) is 3.01. The molecule has 2 N–H and O–H groups in total. The van der Waals surface area contributed by atoms with Gasteiger partial charge in [0.1, 0.15) is 5.82 Å². The first kappa shape index (κ1) is 10.4. The molecule has 5 nitrogen and oxygen atoms in total. The van der Waals surface area contributed by atoms with Gasteiger partial charge in [-0.3, -0.25) is 9.59 Å². The molecule has 0 aliphatic carbocycles. The van der Waals surface area contributed by atoms with Crippen molar-refractivity contribution in [3.8, 4) is 0 Å². The third-order valence-electron chi connectivity index (χ3n) is 1.85. The monoisotopic (exact) mass is 196 g/mol. The summed E-state index contributed by atoms with van der Waals surface area (Å²) in [6.45, 7) is 3.25. The molecule has 0 saturated carbocycles. The molecule has 1 atom stereocenters. The smallest absolute Gasteiger partial charge is 0.306 e. The fourth-order valence-corrected chi connectivity index (χ4v) is 1.15. The lowest BCUT2D eigenvalue weighted by Gasteiger charge is -2.05. The maximum Gasteiger partial charge on any atom is 0.306 e. The number of aliphatic carboxylic acids is 1. The number of nitrogens with one attached hydrogen (secondary N) is 1. The highest BCUT2D eigenvalue weighted by atomic mass is 16.4. The summed E-state index contributed by atoms with van der Waals surface area (Å²) in [5.74, 6) is -0.904. The number of nitrogens with zero attached hydrogens (tertiary/aromatic N) is 1. The second-order valence-electron chi connectivity index (χ2n) is 3.27. The maximum absolute atomic E-state index is 11.0. The Balaban J connectivity index is 2.87. The van der Waals surface area contributed by atoms with E-state index in [0.717, 1.165) is 0 Å². The Morgan fingerprint density at radius 2 is 2.36 bits per heavy atom. The van der Waals surface area contributed by atoms with E-state index in [9.17, 15) is 9.59 Å². The van der Waals surface area contributed by atoms with Crippen LogP contribution in [0.4, 0.5) is 0 Å². The second-order valence-corrected chi connectivity index (χ2v) is 3.27. The lowest BCUT2D eigenvalue weighted by molar-refractivity contribution is -0.141. The first-order chi connectivity index (χ1) is 6.49. The maximum atomic E-state index is 11.0. The van der Waals surface area contributed by atoms with Crippen molar-refractivity contribution < 1.29 is 9.90 Å². The van der Waals surface area contributed by atoms with Gasteiger partial charge in [0.25, 0.3) is 5.56 Å². The Hall–Kier alpha value is -1.65. The van der Waals surface area contributed by atoms with E-state index < -0.39 is 11.9 Å². The number of carboxylic acids is 1. The van der Waals surface area contributed by atoms with E-state index in [1.807, 2.05) is 0 Å². The largest absolute Gasteiger partial charge is 0.481 e. The van der Waals surface area contributed by atoms with Crippen LogP contribution in [0.15, 0.2) is 10.9 Å². The fourth-order valence-electron chi connectivity index (χ4n) is 1.15. The molecule has 0 radical (unpaired) electrons. The van der Waals surface area contributed by atoms with Gasteiger partial charge in [-0.1, -0.05) is 6.92 Å². The predicted octanol–water partition coefficient (Wildman–Crippen LogP) is 0.342. The lowest BCUT2D eigenvalue weighted by atomic mass is 10.1. The number of hydrogen-bond donors (Lipinski definition) is 2. The fraction of sp³-hybridized carbons (Fsp3) is 0.444. The minimum atomic E-state index is -0.885. The number of aryl methyl sites for hydroxylation is 1. The zero-order chi connectivity index (χ0) is 10.7. The summed E-state index contributed by atoms with van der Waals surface area (Å²) in [5, 5.41) is 8.67. The van der Waals surface area contributed by atoms with Crippen LogP contribution in [0, 0.1) is 12.8 Å². The highest BCUT2D eigenvalue weighted by molar-refractivity contribution is 5.69. The van der Waals surface area contributed by atoms with Crippen LogP contribution in [0.2, 0.25) is 0 Å². The highest BCUT2D eigenvalue weighted by Gasteiger charge is 2.12. The van der Waals surface area contributed by atoms with Crippen molar-refractivity contribution in [1.29, 1.82) is 0 Å². The summed E-state index contributed by atoms with van der Waals surface area (Å²) >= 11 is 0. The van der Waals surface area contributed by atoms with Crippen LogP contribution in [0.1, 0.15) is 18.4 Å². The van der Waals surface area contributed by atoms with E-state index in [-0.39, 0.29) is 12.0 Å². The molecule has 0 saturated heterocycles. The van der Waals surface area contributed by atoms with Crippen LogP contribution in [-0.4, -0.2) is 21.0 Å². The van der Waals surface area contributed by atoms with Crippen LogP contribution >= 0.6 is 0 Å². The van der Waals surface area contributed by atoms with Crippen molar-refractivity contribution in [3.63, 3.8) is 0 Å². The first-order valence-corrected chi connectivity index (χ1v) is 4.28. The lowest BCUT2D eigenvalue weighted by Crippen LogP contribution is -2.16. The number of rotatable bonds is 3. The Morgan fingerprint density at radius 1 is 1.71 bits per heavy atom. The van der Waals surface area contributed by atoms with Crippen LogP contribution in [0.3, 0.4) is 0 Å². The van der Waals surface area contributed by atoms with Crippen LogP contribution in [-0.2, 0) is 11.2 Å². The molecule has 1 aromatic rings. The molecule has 1 unspecified atom stereocenters.